The van der Waals surface area contributed by atoms with Gasteiger partial charge in [0, 0.05) is 25.7 Å². The first kappa shape index (κ1) is 12.9. The van der Waals surface area contributed by atoms with Crippen molar-refractivity contribution >= 4 is 0 Å². The summed E-state index contributed by atoms with van der Waals surface area (Å²) in [7, 11) is 1.79. The molecule has 3 nitrogen and oxygen atoms in total. The average molecular weight is 214 g/mol. The van der Waals surface area contributed by atoms with Crippen LogP contribution >= 0.6 is 0 Å². The molecule has 0 bridgehead atoms. The van der Waals surface area contributed by atoms with Crippen molar-refractivity contribution in [3.05, 3.63) is 0 Å². The second-order valence-corrected chi connectivity index (χ2v) is 4.43. The van der Waals surface area contributed by atoms with Gasteiger partial charge in [-0.1, -0.05) is 13.8 Å². The molecule has 0 heterocycles. The molecular weight excluding hydrogens is 188 g/mol. The van der Waals surface area contributed by atoms with Gasteiger partial charge in [0.15, 0.2) is 0 Å². The van der Waals surface area contributed by atoms with Gasteiger partial charge in [0.25, 0.3) is 0 Å². The first-order valence-electron chi connectivity index (χ1n) is 6.28. The molecule has 0 aromatic rings. The molecule has 1 rings (SSSR count). The third-order valence-corrected chi connectivity index (χ3v) is 2.98. The van der Waals surface area contributed by atoms with E-state index in [4.69, 9.17) is 4.74 Å². The van der Waals surface area contributed by atoms with Crippen molar-refractivity contribution in [3.63, 3.8) is 0 Å². The molecule has 1 fully saturated rings. The highest BCUT2D eigenvalue weighted by Gasteiger charge is 2.29. The highest BCUT2D eigenvalue weighted by Crippen LogP contribution is 2.26. The second kappa shape index (κ2) is 7.20. The lowest BCUT2D eigenvalue weighted by molar-refractivity contribution is 0.137. The van der Waals surface area contributed by atoms with Gasteiger partial charge in [-0.2, -0.15) is 0 Å². The fourth-order valence-corrected chi connectivity index (χ4v) is 1.98. The molecule has 1 saturated carbocycles. The number of rotatable bonds is 9. The van der Waals surface area contributed by atoms with Crippen LogP contribution in [0.4, 0.5) is 0 Å². The third kappa shape index (κ3) is 4.96. The Kier molecular flexibility index (Phi) is 6.22. The third-order valence-electron chi connectivity index (χ3n) is 2.98. The number of nitrogens with one attached hydrogen (secondary N) is 1. The standard InChI is InChI=1S/C12H26N2O/c1-4-8-13-11(10-15-3)9-14(5-2)12-6-7-12/h11-13H,4-10H2,1-3H3. The van der Waals surface area contributed by atoms with Crippen LogP contribution in [-0.2, 0) is 4.74 Å². The highest BCUT2D eigenvalue weighted by atomic mass is 16.5. The molecular formula is C12H26N2O. The molecule has 0 amide bonds. The van der Waals surface area contributed by atoms with E-state index in [9.17, 15) is 0 Å². The molecule has 0 spiro atoms. The molecule has 0 aromatic heterocycles. The maximum absolute atomic E-state index is 5.26. The van der Waals surface area contributed by atoms with E-state index < -0.39 is 0 Å². The normalized spacial score (nSPS) is 18.4. The monoisotopic (exact) mass is 214 g/mol. The van der Waals surface area contributed by atoms with Gasteiger partial charge in [-0.15, -0.1) is 0 Å². The van der Waals surface area contributed by atoms with E-state index in [1.165, 1.54) is 25.8 Å². The predicted molar refractivity (Wildman–Crippen MR) is 64.2 cm³/mol. The lowest BCUT2D eigenvalue weighted by atomic mass is 10.2. The zero-order chi connectivity index (χ0) is 11.1. The average Bonchev–Trinajstić information content (AvgIpc) is 3.06. The maximum Gasteiger partial charge on any atom is 0.0628 e. The molecule has 3 heteroatoms. The van der Waals surface area contributed by atoms with Gasteiger partial charge in [0.2, 0.25) is 0 Å². The summed E-state index contributed by atoms with van der Waals surface area (Å²) in [5, 5.41) is 3.55. The van der Waals surface area contributed by atoms with Crippen molar-refractivity contribution in [2.45, 2.75) is 45.2 Å². The lowest BCUT2D eigenvalue weighted by Gasteiger charge is -2.26. The van der Waals surface area contributed by atoms with Crippen LogP contribution in [-0.4, -0.2) is 50.3 Å². The van der Waals surface area contributed by atoms with Gasteiger partial charge in [-0.25, -0.2) is 0 Å². The summed E-state index contributed by atoms with van der Waals surface area (Å²) in [5.41, 5.74) is 0. The first-order chi connectivity index (χ1) is 7.31. The zero-order valence-electron chi connectivity index (χ0n) is 10.5. The van der Waals surface area contributed by atoms with Crippen molar-refractivity contribution in [1.29, 1.82) is 0 Å². The second-order valence-electron chi connectivity index (χ2n) is 4.43. The molecule has 0 aliphatic heterocycles. The van der Waals surface area contributed by atoms with E-state index in [0.29, 0.717) is 6.04 Å². The van der Waals surface area contributed by atoms with Crippen LogP contribution in [0.3, 0.4) is 0 Å². The topological polar surface area (TPSA) is 24.5 Å². The number of methoxy groups -OCH3 is 1. The number of nitrogens with zero attached hydrogens (tertiary/aromatic N) is 1. The van der Waals surface area contributed by atoms with E-state index in [2.05, 4.69) is 24.1 Å². The molecule has 1 unspecified atom stereocenters. The summed E-state index contributed by atoms with van der Waals surface area (Å²) in [6.07, 6.45) is 3.97. The van der Waals surface area contributed by atoms with Crippen LogP contribution in [0.5, 0.6) is 0 Å². The summed E-state index contributed by atoms with van der Waals surface area (Å²) in [5.74, 6) is 0. The summed E-state index contributed by atoms with van der Waals surface area (Å²) >= 11 is 0. The van der Waals surface area contributed by atoms with Crippen molar-refractivity contribution < 1.29 is 4.74 Å². The Balaban J connectivity index is 2.26. The molecule has 0 saturated heterocycles. The molecule has 1 atom stereocenters. The van der Waals surface area contributed by atoms with Gasteiger partial charge in [0.05, 0.1) is 6.61 Å². The molecule has 15 heavy (non-hydrogen) atoms. The Morgan fingerprint density at radius 1 is 1.40 bits per heavy atom. The predicted octanol–water partition coefficient (Wildman–Crippen LogP) is 1.49. The lowest BCUT2D eigenvalue weighted by Crippen LogP contribution is -2.44. The van der Waals surface area contributed by atoms with E-state index >= 15 is 0 Å². The highest BCUT2D eigenvalue weighted by molar-refractivity contribution is 4.86. The van der Waals surface area contributed by atoms with Gasteiger partial charge in [-0.3, -0.25) is 4.90 Å². The number of likely N-dealkylation sites (N-methyl/N-ethyl adjacent to an activating group) is 1. The van der Waals surface area contributed by atoms with Gasteiger partial charge in [0.1, 0.15) is 0 Å². The first-order valence-corrected chi connectivity index (χ1v) is 6.28. The minimum Gasteiger partial charge on any atom is -0.383 e. The Morgan fingerprint density at radius 2 is 2.13 bits per heavy atom. The largest absolute Gasteiger partial charge is 0.383 e. The summed E-state index contributed by atoms with van der Waals surface area (Å²) in [4.78, 5) is 2.58. The molecule has 0 radical (unpaired) electrons. The van der Waals surface area contributed by atoms with Crippen LogP contribution in [0.1, 0.15) is 33.1 Å². The van der Waals surface area contributed by atoms with Gasteiger partial charge >= 0.3 is 0 Å². The summed E-state index contributed by atoms with van der Waals surface area (Å²) < 4.78 is 5.26. The summed E-state index contributed by atoms with van der Waals surface area (Å²) in [6.45, 7) is 8.67. The van der Waals surface area contributed by atoms with Crippen molar-refractivity contribution in [2.75, 3.05) is 33.4 Å². The van der Waals surface area contributed by atoms with Crippen molar-refractivity contribution in [2.24, 2.45) is 0 Å². The number of hydrogen-bond acceptors (Lipinski definition) is 3. The Bertz CT molecular complexity index is 160. The van der Waals surface area contributed by atoms with E-state index in [1.54, 1.807) is 7.11 Å². The van der Waals surface area contributed by atoms with Crippen LogP contribution in [0.2, 0.25) is 0 Å². The fourth-order valence-electron chi connectivity index (χ4n) is 1.98. The van der Waals surface area contributed by atoms with Gasteiger partial charge < -0.3 is 10.1 Å². The fraction of sp³-hybridized carbons (Fsp3) is 1.00. The molecule has 0 aromatic carbocycles. The smallest absolute Gasteiger partial charge is 0.0628 e. The van der Waals surface area contributed by atoms with Crippen LogP contribution < -0.4 is 5.32 Å². The quantitative estimate of drug-likeness (QED) is 0.629. The number of ether oxygens (including phenoxy) is 1. The summed E-state index contributed by atoms with van der Waals surface area (Å²) in [6, 6.07) is 1.35. The van der Waals surface area contributed by atoms with E-state index in [0.717, 1.165) is 25.7 Å². The number of hydrogen-bond donors (Lipinski definition) is 1. The Morgan fingerprint density at radius 3 is 2.60 bits per heavy atom. The van der Waals surface area contributed by atoms with E-state index in [-0.39, 0.29) is 0 Å². The minimum atomic E-state index is 0.496. The SMILES string of the molecule is CCCNC(COC)CN(CC)C1CC1. The van der Waals surface area contributed by atoms with Crippen LogP contribution in [0.15, 0.2) is 0 Å². The Labute approximate surface area is 94.2 Å². The van der Waals surface area contributed by atoms with Crippen LogP contribution in [0.25, 0.3) is 0 Å². The maximum atomic E-state index is 5.26. The molecule has 1 N–H and O–H groups in total. The Hall–Kier alpha value is -0.120. The van der Waals surface area contributed by atoms with E-state index in [1.807, 2.05) is 0 Å². The molecule has 1 aliphatic rings. The van der Waals surface area contributed by atoms with Gasteiger partial charge in [-0.05, 0) is 32.4 Å². The van der Waals surface area contributed by atoms with Crippen molar-refractivity contribution in [1.82, 2.24) is 10.2 Å². The minimum absolute atomic E-state index is 0.496. The van der Waals surface area contributed by atoms with Crippen molar-refractivity contribution in [3.8, 4) is 0 Å². The van der Waals surface area contributed by atoms with Crippen LogP contribution in [0, 0.1) is 0 Å². The molecule has 90 valence electrons. The zero-order valence-corrected chi connectivity index (χ0v) is 10.5. The molecule has 1 aliphatic carbocycles.